The molecular formula is C19H20F4N4O2. The minimum atomic E-state index is -4.48. The van der Waals surface area contributed by atoms with Crippen LogP contribution >= 0.6 is 0 Å². The molecule has 1 aromatic heterocycles. The number of nitrogens with one attached hydrogen (secondary N) is 2. The van der Waals surface area contributed by atoms with E-state index in [2.05, 4.69) is 10.2 Å². The molecule has 0 radical (unpaired) electrons. The molecule has 1 aliphatic rings. The fraction of sp³-hybridized carbons (Fsp3) is 0.421. The molecule has 2 N–H and O–H groups in total. The number of aromatic amines is 1. The van der Waals surface area contributed by atoms with Gasteiger partial charge in [-0.1, -0.05) is 12.1 Å². The van der Waals surface area contributed by atoms with Crippen molar-refractivity contribution in [3.63, 3.8) is 0 Å². The number of likely N-dealkylation sites (tertiary alicyclic amines) is 1. The highest BCUT2D eigenvalue weighted by atomic mass is 19.4. The Balaban J connectivity index is 1.50. The number of hydrogen-bond donors (Lipinski definition) is 2. The molecule has 156 valence electrons. The molecule has 29 heavy (non-hydrogen) atoms. The average Bonchev–Trinajstić information content (AvgIpc) is 3.18. The van der Waals surface area contributed by atoms with Crippen LogP contribution in [0.15, 0.2) is 30.3 Å². The summed E-state index contributed by atoms with van der Waals surface area (Å²) in [6.07, 6.45) is -3.01. The van der Waals surface area contributed by atoms with E-state index >= 15 is 0 Å². The van der Waals surface area contributed by atoms with Gasteiger partial charge in [0.05, 0.1) is 6.42 Å². The first-order valence-corrected chi connectivity index (χ1v) is 9.14. The van der Waals surface area contributed by atoms with Crippen molar-refractivity contribution in [3.05, 3.63) is 53.1 Å². The molecule has 1 aliphatic heterocycles. The molecule has 0 spiro atoms. The highest BCUT2D eigenvalue weighted by Crippen LogP contribution is 2.27. The van der Waals surface area contributed by atoms with Gasteiger partial charge < -0.3 is 10.2 Å². The SMILES string of the molecule is O=C(NCC(F)(F)F)c1cc(C2CCN(C(=O)Cc3ccc(F)cc3)CC2)[nH]n1. The third-order valence-corrected chi connectivity index (χ3v) is 4.84. The zero-order chi connectivity index (χ0) is 21.0. The monoisotopic (exact) mass is 412 g/mol. The summed E-state index contributed by atoms with van der Waals surface area (Å²) in [5, 5.41) is 8.29. The number of nitrogens with zero attached hydrogens (tertiary/aromatic N) is 2. The van der Waals surface area contributed by atoms with Crippen molar-refractivity contribution in [1.29, 1.82) is 0 Å². The molecule has 1 aromatic carbocycles. The van der Waals surface area contributed by atoms with Gasteiger partial charge in [-0.25, -0.2) is 4.39 Å². The lowest BCUT2D eigenvalue weighted by Crippen LogP contribution is -2.38. The van der Waals surface area contributed by atoms with E-state index < -0.39 is 18.6 Å². The molecule has 0 unspecified atom stereocenters. The van der Waals surface area contributed by atoms with Crippen molar-refractivity contribution in [2.75, 3.05) is 19.6 Å². The molecule has 2 aromatic rings. The first-order valence-electron chi connectivity index (χ1n) is 9.14. The third-order valence-electron chi connectivity index (χ3n) is 4.84. The topological polar surface area (TPSA) is 78.1 Å². The molecule has 10 heteroatoms. The van der Waals surface area contributed by atoms with Crippen LogP contribution in [0.3, 0.4) is 0 Å². The maximum atomic E-state index is 13.0. The second kappa shape index (κ2) is 8.62. The highest BCUT2D eigenvalue weighted by molar-refractivity contribution is 5.92. The van der Waals surface area contributed by atoms with Gasteiger partial charge in [0.1, 0.15) is 18.1 Å². The summed E-state index contributed by atoms with van der Waals surface area (Å²) in [5.41, 5.74) is 1.30. The van der Waals surface area contributed by atoms with Gasteiger partial charge in [-0.2, -0.15) is 18.3 Å². The number of aromatic nitrogens is 2. The maximum absolute atomic E-state index is 13.0. The zero-order valence-corrected chi connectivity index (χ0v) is 15.4. The van der Waals surface area contributed by atoms with E-state index in [0.29, 0.717) is 31.6 Å². The fourth-order valence-electron chi connectivity index (χ4n) is 3.26. The fourth-order valence-corrected chi connectivity index (χ4v) is 3.26. The van der Waals surface area contributed by atoms with Crippen LogP contribution in [0, 0.1) is 5.82 Å². The normalized spacial score (nSPS) is 15.4. The summed E-state index contributed by atoms with van der Waals surface area (Å²) in [6, 6.07) is 7.24. The van der Waals surface area contributed by atoms with Crippen molar-refractivity contribution in [2.45, 2.75) is 31.4 Å². The van der Waals surface area contributed by atoms with Crippen LogP contribution < -0.4 is 5.32 Å². The lowest BCUT2D eigenvalue weighted by molar-refractivity contribution is -0.131. The van der Waals surface area contributed by atoms with Crippen LogP contribution in [-0.4, -0.2) is 52.7 Å². The van der Waals surface area contributed by atoms with Gasteiger partial charge in [-0.05, 0) is 36.6 Å². The first kappa shape index (κ1) is 20.8. The lowest BCUT2D eigenvalue weighted by Gasteiger charge is -2.31. The smallest absolute Gasteiger partial charge is 0.342 e. The van der Waals surface area contributed by atoms with Crippen molar-refractivity contribution in [2.24, 2.45) is 0 Å². The average molecular weight is 412 g/mol. The number of alkyl halides is 3. The van der Waals surface area contributed by atoms with Crippen molar-refractivity contribution in [3.8, 4) is 0 Å². The predicted octanol–water partition coefficient (Wildman–Crippen LogP) is 2.79. The van der Waals surface area contributed by atoms with Crippen LogP contribution in [0.2, 0.25) is 0 Å². The van der Waals surface area contributed by atoms with Crippen LogP contribution in [0.4, 0.5) is 17.6 Å². The van der Waals surface area contributed by atoms with Gasteiger partial charge in [0.2, 0.25) is 5.91 Å². The number of rotatable bonds is 5. The molecule has 2 heterocycles. The van der Waals surface area contributed by atoms with Crippen LogP contribution in [0.1, 0.15) is 40.5 Å². The van der Waals surface area contributed by atoms with E-state index in [-0.39, 0.29) is 29.8 Å². The molecule has 0 atom stereocenters. The van der Waals surface area contributed by atoms with Crippen molar-refractivity contribution < 1.29 is 27.2 Å². The van der Waals surface area contributed by atoms with E-state index in [0.717, 1.165) is 5.56 Å². The summed E-state index contributed by atoms with van der Waals surface area (Å²) < 4.78 is 49.5. The standard InChI is InChI=1S/C19H20F4N4O2/c20-14-3-1-12(2-4-14)9-17(28)27-7-5-13(6-8-27)15-10-16(26-25-15)18(29)24-11-19(21,22)23/h1-4,10,13H,5-9,11H2,(H,24,29)(H,25,26). The maximum Gasteiger partial charge on any atom is 0.405 e. The zero-order valence-electron chi connectivity index (χ0n) is 15.4. The predicted molar refractivity (Wildman–Crippen MR) is 95.6 cm³/mol. The summed E-state index contributed by atoms with van der Waals surface area (Å²) in [5.74, 6) is -1.27. The Labute approximate surface area is 164 Å². The third kappa shape index (κ3) is 5.78. The molecule has 1 saturated heterocycles. The summed E-state index contributed by atoms with van der Waals surface area (Å²) in [6.45, 7) is -0.388. The van der Waals surface area contributed by atoms with Crippen LogP contribution in [0.5, 0.6) is 0 Å². The van der Waals surface area contributed by atoms with E-state index in [1.54, 1.807) is 22.3 Å². The van der Waals surface area contributed by atoms with Gasteiger partial charge in [0.25, 0.3) is 5.91 Å². The largest absolute Gasteiger partial charge is 0.405 e. The number of hydrogen-bond acceptors (Lipinski definition) is 3. The Hall–Kier alpha value is -2.91. The number of H-pyrrole nitrogens is 1. The number of amides is 2. The highest BCUT2D eigenvalue weighted by Gasteiger charge is 2.29. The molecule has 3 rings (SSSR count). The summed E-state index contributed by atoms with van der Waals surface area (Å²) in [4.78, 5) is 25.9. The molecule has 2 amide bonds. The van der Waals surface area contributed by atoms with E-state index in [9.17, 15) is 27.2 Å². The molecule has 6 nitrogen and oxygen atoms in total. The van der Waals surface area contributed by atoms with E-state index in [1.807, 2.05) is 0 Å². The van der Waals surface area contributed by atoms with Gasteiger partial charge in [0.15, 0.2) is 0 Å². The van der Waals surface area contributed by atoms with E-state index in [4.69, 9.17) is 0 Å². The van der Waals surface area contributed by atoms with Crippen LogP contribution in [-0.2, 0) is 11.2 Å². The van der Waals surface area contributed by atoms with Gasteiger partial charge in [-0.3, -0.25) is 14.7 Å². The quantitative estimate of drug-likeness (QED) is 0.742. The molecule has 0 bridgehead atoms. The number of benzene rings is 1. The second-order valence-electron chi connectivity index (χ2n) is 6.96. The lowest BCUT2D eigenvalue weighted by atomic mass is 9.93. The number of carbonyl (C=O) groups is 2. The first-order chi connectivity index (χ1) is 13.7. The molecule has 0 saturated carbocycles. The molecular weight excluding hydrogens is 392 g/mol. The van der Waals surface area contributed by atoms with Gasteiger partial charge >= 0.3 is 6.18 Å². The number of carbonyl (C=O) groups excluding carboxylic acids is 2. The van der Waals surface area contributed by atoms with Crippen LogP contribution in [0.25, 0.3) is 0 Å². The van der Waals surface area contributed by atoms with Gasteiger partial charge in [0, 0.05) is 24.7 Å². The Bertz CT molecular complexity index is 856. The van der Waals surface area contributed by atoms with Crippen molar-refractivity contribution >= 4 is 11.8 Å². The second-order valence-corrected chi connectivity index (χ2v) is 6.96. The van der Waals surface area contributed by atoms with Crippen molar-refractivity contribution in [1.82, 2.24) is 20.4 Å². The minimum Gasteiger partial charge on any atom is -0.342 e. The van der Waals surface area contributed by atoms with Gasteiger partial charge in [-0.15, -0.1) is 0 Å². The minimum absolute atomic E-state index is 0.0292. The Kier molecular flexibility index (Phi) is 6.19. The van der Waals surface area contributed by atoms with E-state index in [1.165, 1.54) is 18.2 Å². The Morgan fingerprint density at radius 3 is 2.45 bits per heavy atom. The Morgan fingerprint density at radius 1 is 1.17 bits per heavy atom. The molecule has 0 aliphatic carbocycles. The molecule has 1 fully saturated rings. The number of halogens is 4. The Morgan fingerprint density at radius 2 is 1.83 bits per heavy atom. The summed E-state index contributed by atoms with van der Waals surface area (Å²) in [7, 11) is 0. The summed E-state index contributed by atoms with van der Waals surface area (Å²) >= 11 is 0. The number of piperidine rings is 1.